The maximum absolute atomic E-state index is 6.75. The number of nitrogens with one attached hydrogen (secondary N) is 1. The summed E-state index contributed by atoms with van der Waals surface area (Å²) in [5.74, 6) is 0.992. The standard InChI is InChI=1S/C32H23N3S.C2H6/c33-30-24-13-7-12-23-28-25(35(31(23)24)32(30)34-21-10-5-2-6-11-21)16-17-26-29(28)22-15-14-20(18-27(22)36-26)19-8-3-1-4-9-19;1-2/h1-10,12-18,21,34H,11,33H2;1-2H3. The zero-order chi connectivity index (χ0) is 25.8. The van der Waals surface area contributed by atoms with Crippen LogP contribution >= 0.6 is 11.3 Å². The van der Waals surface area contributed by atoms with E-state index in [2.05, 4.69) is 113 Å². The third-order valence-electron chi connectivity index (χ3n) is 7.56. The quantitative estimate of drug-likeness (QED) is 0.248. The number of anilines is 2. The summed E-state index contributed by atoms with van der Waals surface area (Å²) >= 11 is 1.88. The van der Waals surface area contributed by atoms with Crippen LogP contribution in [0.25, 0.3) is 58.5 Å². The molecule has 1 unspecified atom stereocenters. The van der Waals surface area contributed by atoms with Crippen molar-refractivity contribution in [3.05, 3.63) is 103 Å². The van der Waals surface area contributed by atoms with E-state index in [1.54, 1.807) is 0 Å². The first-order valence-electron chi connectivity index (χ1n) is 13.4. The molecule has 38 heavy (non-hydrogen) atoms. The van der Waals surface area contributed by atoms with Gasteiger partial charge in [-0.3, -0.25) is 4.40 Å². The van der Waals surface area contributed by atoms with Crippen molar-refractivity contribution in [2.75, 3.05) is 11.1 Å². The molecule has 1 aliphatic carbocycles. The predicted octanol–water partition coefficient (Wildman–Crippen LogP) is 9.62. The molecule has 1 atom stereocenters. The Bertz CT molecular complexity index is 2010. The van der Waals surface area contributed by atoms with E-state index in [-0.39, 0.29) is 6.04 Å². The van der Waals surface area contributed by atoms with E-state index in [4.69, 9.17) is 5.73 Å². The summed E-state index contributed by atoms with van der Waals surface area (Å²) in [5.41, 5.74) is 12.5. The van der Waals surface area contributed by atoms with Crippen LogP contribution in [0.1, 0.15) is 20.3 Å². The van der Waals surface area contributed by atoms with E-state index >= 15 is 0 Å². The molecule has 3 heterocycles. The minimum Gasteiger partial charge on any atom is -0.395 e. The summed E-state index contributed by atoms with van der Waals surface area (Å²) in [7, 11) is 0. The Morgan fingerprint density at radius 2 is 1.63 bits per heavy atom. The van der Waals surface area contributed by atoms with Crippen LogP contribution in [-0.4, -0.2) is 10.4 Å². The normalized spacial score (nSPS) is 15.2. The fraction of sp³-hybridized carbons (Fsp3) is 0.118. The number of fused-ring (bicyclic) bond motifs is 7. The van der Waals surface area contributed by atoms with Crippen LogP contribution in [0.15, 0.2) is 103 Å². The van der Waals surface area contributed by atoms with Gasteiger partial charge in [-0.2, -0.15) is 0 Å². The van der Waals surface area contributed by atoms with Crippen molar-refractivity contribution < 1.29 is 0 Å². The third kappa shape index (κ3) is 3.27. The lowest BCUT2D eigenvalue weighted by Gasteiger charge is -2.17. The lowest BCUT2D eigenvalue weighted by molar-refractivity contribution is 0.874. The van der Waals surface area contributed by atoms with Gasteiger partial charge < -0.3 is 11.1 Å². The minimum absolute atomic E-state index is 0.229. The van der Waals surface area contributed by atoms with Crippen LogP contribution in [0.5, 0.6) is 0 Å². The molecule has 3 nitrogen and oxygen atoms in total. The molecule has 3 N–H and O–H groups in total. The van der Waals surface area contributed by atoms with Gasteiger partial charge in [0.1, 0.15) is 5.82 Å². The second kappa shape index (κ2) is 8.93. The lowest BCUT2D eigenvalue weighted by Crippen LogP contribution is -2.18. The Kier molecular flexibility index (Phi) is 5.38. The Balaban J connectivity index is 0.00000118. The maximum Gasteiger partial charge on any atom is 0.135 e. The second-order valence-electron chi connectivity index (χ2n) is 9.61. The van der Waals surface area contributed by atoms with Gasteiger partial charge in [-0.15, -0.1) is 11.3 Å². The van der Waals surface area contributed by atoms with E-state index < -0.39 is 0 Å². The van der Waals surface area contributed by atoms with Crippen LogP contribution < -0.4 is 11.1 Å². The molecule has 4 aromatic carbocycles. The molecule has 3 aromatic heterocycles. The van der Waals surface area contributed by atoms with E-state index in [1.165, 1.54) is 53.1 Å². The molecule has 0 amide bonds. The highest BCUT2D eigenvalue weighted by molar-refractivity contribution is 7.26. The molecule has 0 aliphatic heterocycles. The second-order valence-corrected chi connectivity index (χ2v) is 10.7. The van der Waals surface area contributed by atoms with Crippen LogP contribution in [0.3, 0.4) is 0 Å². The minimum atomic E-state index is 0.229. The largest absolute Gasteiger partial charge is 0.395 e. The molecule has 0 saturated carbocycles. The number of thiophene rings is 1. The number of benzene rings is 4. The number of hydrogen-bond acceptors (Lipinski definition) is 3. The molecular weight excluding hydrogens is 482 g/mol. The smallest absolute Gasteiger partial charge is 0.135 e. The summed E-state index contributed by atoms with van der Waals surface area (Å²) in [5, 5.41) is 10.1. The van der Waals surface area contributed by atoms with Gasteiger partial charge in [0.2, 0.25) is 0 Å². The van der Waals surface area contributed by atoms with Crippen molar-refractivity contribution in [3.63, 3.8) is 0 Å². The highest BCUT2D eigenvalue weighted by atomic mass is 32.1. The monoisotopic (exact) mass is 511 g/mol. The molecule has 0 saturated heterocycles. The number of hydrogen-bond donors (Lipinski definition) is 2. The van der Waals surface area contributed by atoms with Gasteiger partial charge in [-0.1, -0.05) is 98.8 Å². The molecule has 4 heteroatoms. The van der Waals surface area contributed by atoms with Crippen molar-refractivity contribution in [3.8, 4) is 11.1 Å². The topological polar surface area (TPSA) is 42.5 Å². The van der Waals surface area contributed by atoms with Crippen LogP contribution in [-0.2, 0) is 0 Å². The molecule has 8 rings (SSSR count). The fourth-order valence-corrected chi connectivity index (χ4v) is 7.09. The Hall–Kier alpha value is -4.28. The van der Waals surface area contributed by atoms with Crippen molar-refractivity contribution >= 4 is 70.2 Å². The maximum atomic E-state index is 6.75. The average molecular weight is 512 g/mol. The highest BCUT2D eigenvalue weighted by Gasteiger charge is 2.23. The van der Waals surface area contributed by atoms with Gasteiger partial charge in [0.15, 0.2) is 0 Å². The van der Waals surface area contributed by atoms with Gasteiger partial charge in [-0.05, 0) is 35.7 Å². The van der Waals surface area contributed by atoms with E-state index in [0.29, 0.717) is 0 Å². The van der Waals surface area contributed by atoms with Gasteiger partial charge in [0.05, 0.1) is 16.7 Å². The summed E-state index contributed by atoms with van der Waals surface area (Å²) < 4.78 is 4.99. The fourth-order valence-electron chi connectivity index (χ4n) is 5.94. The molecule has 1 aliphatic rings. The number of aromatic nitrogens is 1. The first kappa shape index (κ1) is 22.9. The van der Waals surface area contributed by atoms with Gasteiger partial charge in [-0.25, -0.2) is 0 Å². The van der Waals surface area contributed by atoms with Crippen molar-refractivity contribution in [2.24, 2.45) is 0 Å². The zero-order valence-electron chi connectivity index (χ0n) is 21.5. The van der Waals surface area contributed by atoms with Crippen LogP contribution in [0.4, 0.5) is 11.5 Å². The molecule has 186 valence electrons. The van der Waals surface area contributed by atoms with Crippen molar-refractivity contribution in [1.29, 1.82) is 0 Å². The van der Waals surface area contributed by atoms with E-state index in [0.717, 1.165) is 23.3 Å². The summed E-state index contributed by atoms with van der Waals surface area (Å²) in [4.78, 5) is 0. The lowest BCUT2D eigenvalue weighted by atomic mass is 10.0. The average Bonchev–Trinajstić information content (AvgIpc) is 3.61. The molecule has 0 radical (unpaired) electrons. The highest BCUT2D eigenvalue weighted by Crippen LogP contribution is 2.47. The van der Waals surface area contributed by atoms with Gasteiger partial charge >= 0.3 is 0 Å². The first-order valence-corrected chi connectivity index (χ1v) is 14.2. The van der Waals surface area contributed by atoms with Gasteiger partial charge in [0, 0.05) is 42.4 Å². The number of para-hydroxylation sites is 1. The Morgan fingerprint density at radius 3 is 2.45 bits per heavy atom. The number of rotatable bonds is 3. The first-order chi connectivity index (χ1) is 18.8. The van der Waals surface area contributed by atoms with Crippen LogP contribution in [0, 0.1) is 0 Å². The summed E-state index contributed by atoms with van der Waals surface area (Å²) in [6.07, 6.45) is 9.57. The summed E-state index contributed by atoms with van der Waals surface area (Å²) in [6.45, 7) is 4.00. The summed E-state index contributed by atoms with van der Waals surface area (Å²) in [6, 6.07) is 28.8. The zero-order valence-corrected chi connectivity index (χ0v) is 22.3. The third-order valence-corrected chi connectivity index (χ3v) is 8.68. The van der Waals surface area contributed by atoms with E-state index in [1.807, 2.05) is 25.2 Å². The molecular formula is C34H29N3S. The number of nitrogen functional groups attached to an aromatic ring is 1. The SMILES string of the molecule is CC.Nc1c(NC2C=CC=CC2)n2c3ccc4sc5cc(-c6ccccc6)ccc5c4c3c3cccc1c32. The van der Waals surface area contributed by atoms with Gasteiger partial charge in [0.25, 0.3) is 0 Å². The number of allylic oxidation sites excluding steroid dienone is 2. The molecule has 0 bridgehead atoms. The predicted molar refractivity (Wildman–Crippen MR) is 168 cm³/mol. The van der Waals surface area contributed by atoms with Crippen molar-refractivity contribution in [1.82, 2.24) is 4.40 Å². The number of nitrogens with zero attached hydrogens (tertiary/aromatic N) is 1. The molecule has 7 aromatic rings. The Labute approximate surface area is 225 Å². The van der Waals surface area contributed by atoms with Crippen LogP contribution in [0.2, 0.25) is 0 Å². The Morgan fingerprint density at radius 1 is 0.789 bits per heavy atom. The molecule has 0 fully saturated rings. The molecule has 0 spiro atoms. The van der Waals surface area contributed by atoms with Crippen molar-refractivity contribution in [2.45, 2.75) is 26.3 Å². The van der Waals surface area contributed by atoms with E-state index in [9.17, 15) is 0 Å². The number of nitrogens with two attached hydrogens (primary N) is 1.